The molecule has 2 rings (SSSR count). The number of nitrogens with one attached hydrogen (secondary N) is 1. The summed E-state index contributed by atoms with van der Waals surface area (Å²) in [4.78, 5) is 0. The summed E-state index contributed by atoms with van der Waals surface area (Å²) >= 11 is 3.62. The minimum atomic E-state index is 0.127. The fraction of sp³-hybridized carbons (Fsp3) is 0.625. The lowest BCUT2D eigenvalue weighted by atomic mass is 10.1. The van der Waals surface area contributed by atoms with Gasteiger partial charge in [0.15, 0.2) is 0 Å². The van der Waals surface area contributed by atoms with Crippen LogP contribution in [0.1, 0.15) is 52.0 Å². The molecule has 0 unspecified atom stereocenters. The third-order valence-electron chi connectivity index (χ3n) is 3.43. The van der Waals surface area contributed by atoms with Gasteiger partial charge in [-0.25, -0.2) is 0 Å². The molecule has 0 heterocycles. The van der Waals surface area contributed by atoms with Crippen molar-refractivity contribution in [3.63, 3.8) is 0 Å². The quantitative estimate of drug-likeness (QED) is 0.869. The van der Waals surface area contributed by atoms with Gasteiger partial charge in [-0.15, -0.1) is 0 Å². The Morgan fingerprint density at radius 2 is 1.95 bits per heavy atom. The first-order valence-electron chi connectivity index (χ1n) is 7.14. The summed E-state index contributed by atoms with van der Waals surface area (Å²) in [5.41, 5.74) is 1.38. The van der Waals surface area contributed by atoms with Crippen molar-refractivity contribution in [2.24, 2.45) is 0 Å². The van der Waals surface area contributed by atoms with Crippen LogP contribution in [0.15, 0.2) is 22.7 Å². The molecule has 106 valence electrons. The van der Waals surface area contributed by atoms with E-state index in [1.165, 1.54) is 31.2 Å². The Hall–Kier alpha value is -0.540. The minimum absolute atomic E-state index is 0.127. The Morgan fingerprint density at radius 1 is 1.26 bits per heavy atom. The van der Waals surface area contributed by atoms with Crippen molar-refractivity contribution in [1.29, 1.82) is 0 Å². The highest BCUT2D eigenvalue weighted by atomic mass is 79.9. The van der Waals surface area contributed by atoms with E-state index in [2.05, 4.69) is 60.2 Å². The lowest BCUT2D eigenvalue weighted by Crippen LogP contribution is -2.35. The van der Waals surface area contributed by atoms with Crippen LogP contribution in [0.2, 0.25) is 0 Å². The van der Waals surface area contributed by atoms with E-state index < -0.39 is 0 Å². The number of ether oxygens (including phenoxy) is 1. The van der Waals surface area contributed by atoms with Gasteiger partial charge < -0.3 is 10.1 Å². The molecule has 0 aliphatic heterocycles. The zero-order valence-corrected chi connectivity index (χ0v) is 13.7. The fourth-order valence-corrected chi connectivity index (χ4v) is 2.71. The number of hydrogen-bond donors (Lipinski definition) is 1. The van der Waals surface area contributed by atoms with Crippen LogP contribution in [0.4, 0.5) is 0 Å². The summed E-state index contributed by atoms with van der Waals surface area (Å²) in [6, 6.07) is 6.30. The number of halogens is 1. The topological polar surface area (TPSA) is 21.3 Å². The molecule has 1 aliphatic rings. The van der Waals surface area contributed by atoms with Crippen LogP contribution in [0.5, 0.6) is 5.75 Å². The Balaban J connectivity index is 2.01. The molecule has 1 aromatic rings. The summed E-state index contributed by atoms with van der Waals surface area (Å²) in [7, 11) is 0. The lowest BCUT2D eigenvalue weighted by Gasteiger charge is -2.21. The van der Waals surface area contributed by atoms with Gasteiger partial charge in [0.2, 0.25) is 0 Å². The van der Waals surface area contributed by atoms with Crippen LogP contribution in [0.25, 0.3) is 0 Å². The highest BCUT2D eigenvalue weighted by Gasteiger charge is 2.17. The van der Waals surface area contributed by atoms with Gasteiger partial charge in [0.05, 0.1) is 6.10 Å². The minimum Gasteiger partial charge on any atom is -0.490 e. The Kier molecular flexibility index (Phi) is 4.91. The first-order chi connectivity index (χ1) is 8.94. The van der Waals surface area contributed by atoms with Gasteiger partial charge in [-0.05, 0) is 70.2 Å². The molecule has 1 aromatic carbocycles. The zero-order valence-electron chi connectivity index (χ0n) is 12.1. The van der Waals surface area contributed by atoms with Crippen molar-refractivity contribution < 1.29 is 4.74 Å². The highest BCUT2D eigenvalue weighted by molar-refractivity contribution is 9.10. The van der Waals surface area contributed by atoms with Crippen molar-refractivity contribution in [1.82, 2.24) is 5.32 Å². The van der Waals surface area contributed by atoms with E-state index in [0.717, 1.165) is 16.8 Å². The van der Waals surface area contributed by atoms with Gasteiger partial charge >= 0.3 is 0 Å². The molecule has 0 amide bonds. The van der Waals surface area contributed by atoms with E-state index in [4.69, 9.17) is 4.74 Å². The molecule has 0 saturated heterocycles. The number of rotatable bonds is 4. The molecule has 0 bridgehead atoms. The van der Waals surface area contributed by atoms with Crippen molar-refractivity contribution in [3.8, 4) is 5.75 Å². The monoisotopic (exact) mass is 325 g/mol. The third-order valence-corrected chi connectivity index (χ3v) is 4.20. The molecule has 3 heteroatoms. The van der Waals surface area contributed by atoms with Crippen molar-refractivity contribution in [2.45, 2.75) is 64.6 Å². The second-order valence-electron chi connectivity index (χ2n) is 6.38. The Bertz CT molecular complexity index is 419. The van der Waals surface area contributed by atoms with Crippen molar-refractivity contribution in [2.75, 3.05) is 0 Å². The molecule has 19 heavy (non-hydrogen) atoms. The first-order valence-corrected chi connectivity index (χ1v) is 7.93. The van der Waals surface area contributed by atoms with Crippen LogP contribution in [0.3, 0.4) is 0 Å². The van der Waals surface area contributed by atoms with Crippen LogP contribution < -0.4 is 10.1 Å². The van der Waals surface area contributed by atoms with E-state index in [1.807, 2.05) is 0 Å². The van der Waals surface area contributed by atoms with Crippen LogP contribution in [0, 0.1) is 0 Å². The Labute approximate surface area is 125 Å². The average molecular weight is 326 g/mol. The van der Waals surface area contributed by atoms with Gasteiger partial charge in [-0.1, -0.05) is 15.9 Å². The largest absolute Gasteiger partial charge is 0.490 e. The van der Waals surface area contributed by atoms with Gasteiger partial charge in [0, 0.05) is 16.6 Å². The zero-order chi connectivity index (χ0) is 13.9. The normalized spacial score (nSPS) is 16.8. The van der Waals surface area contributed by atoms with Crippen molar-refractivity contribution in [3.05, 3.63) is 28.2 Å². The van der Waals surface area contributed by atoms with Crippen LogP contribution in [-0.4, -0.2) is 11.6 Å². The van der Waals surface area contributed by atoms with E-state index in [-0.39, 0.29) is 5.54 Å². The van der Waals surface area contributed by atoms with Gasteiger partial charge in [-0.2, -0.15) is 0 Å². The molecule has 1 fully saturated rings. The number of benzene rings is 1. The predicted molar refractivity (Wildman–Crippen MR) is 83.6 cm³/mol. The molecule has 0 spiro atoms. The second kappa shape index (κ2) is 6.27. The molecular weight excluding hydrogens is 302 g/mol. The molecule has 0 aromatic heterocycles. The van der Waals surface area contributed by atoms with Crippen molar-refractivity contribution >= 4 is 15.9 Å². The van der Waals surface area contributed by atoms with E-state index >= 15 is 0 Å². The fourth-order valence-electron chi connectivity index (χ4n) is 2.32. The maximum absolute atomic E-state index is 6.05. The highest BCUT2D eigenvalue weighted by Crippen LogP contribution is 2.27. The summed E-state index contributed by atoms with van der Waals surface area (Å²) in [6.07, 6.45) is 5.43. The lowest BCUT2D eigenvalue weighted by molar-refractivity contribution is 0.209. The molecule has 0 atom stereocenters. The van der Waals surface area contributed by atoms with Gasteiger partial charge in [-0.3, -0.25) is 0 Å². The average Bonchev–Trinajstić information content (AvgIpc) is 2.81. The van der Waals surface area contributed by atoms with Crippen LogP contribution >= 0.6 is 15.9 Å². The van der Waals surface area contributed by atoms with E-state index in [9.17, 15) is 0 Å². The summed E-state index contributed by atoms with van der Waals surface area (Å²) < 4.78 is 7.20. The van der Waals surface area contributed by atoms with E-state index in [1.54, 1.807) is 0 Å². The molecule has 1 aliphatic carbocycles. The second-order valence-corrected chi connectivity index (χ2v) is 7.24. The number of hydrogen-bond acceptors (Lipinski definition) is 2. The molecule has 1 N–H and O–H groups in total. The predicted octanol–water partition coefficient (Wildman–Crippen LogP) is 4.66. The standard InChI is InChI=1S/C16H24BrNO/c1-16(2,3)18-11-12-10-14(8-9-15(12)17)19-13-6-4-5-7-13/h8-10,13,18H,4-7,11H2,1-3H3. The molecule has 2 nitrogen and oxygen atoms in total. The third kappa shape index (κ3) is 4.81. The SMILES string of the molecule is CC(C)(C)NCc1cc(OC2CCCC2)ccc1Br. The maximum Gasteiger partial charge on any atom is 0.120 e. The van der Waals surface area contributed by atoms with Gasteiger partial charge in [0.25, 0.3) is 0 Å². The van der Waals surface area contributed by atoms with Gasteiger partial charge in [0.1, 0.15) is 5.75 Å². The first kappa shape index (κ1) is 14.9. The Morgan fingerprint density at radius 3 is 2.58 bits per heavy atom. The summed E-state index contributed by atoms with van der Waals surface area (Å²) in [6.45, 7) is 7.39. The smallest absolute Gasteiger partial charge is 0.120 e. The van der Waals surface area contributed by atoms with Crippen LogP contribution in [-0.2, 0) is 6.54 Å². The summed E-state index contributed by atoms with van der Waals surface area (Å²) in [5, 5.41) is 3.51. The maximum atomic E-state index is 6.05. The molecular formula is C16H24BrNO. The molecule has 0 radical (unpaired) electrons. The summed E-state index contributed by atoms with van der Waals surface area (Å²) in [5.74, 6) is 1.00. The molecule has 1 saturated carbocycles. The van der Waals surface area contributed by atoms with E-state index in [0.29, 0.717) is 6.10 Å².